The van der Waals surface area contributed by atoms with Crippen LogP contribution in [0.5, 0.6) is 0 Å². The van der Waals surface area contributed by atoms with Crippen molar-refractivity contribution in [2.75, 3.05) is 0 Å². The van der Waals surface area contributed by atoms with Crippen LogP contribution in [0.15, 0.2) is 12.1 Å². The van der Waals surface area contributed by atoms with Gasteiger partial charge in [0.1, 0.15) is 0 Å². The number of hydrogen-bond acceptors (Lipinski definition) is 0. The van der Waals surface area contributed by atoms with Gasteiger partial charge in [-0.1, -0.05) is 0 Å². The van der Waals surface area contributed by atoms with Crippen molar-refractivity contribution >= 4 is 0 Å². The van der Waals surface area contributed by atoms with Crippen molar-refractivity contribution in [1.82, 2.24) is 0 Å². The molecule has 0 saturated heterocycles. The Balaban J connectivity index is 3.14. The highest BCUT2D eigenvalue weighted by Gasteiger charge is 2.09. The Morgan fingerprint density at radius 1 is 1.17 bits per heavy atom. The smallest absolute Gasteiger partial charge is 0.194 e. The summed E-state index contributed by atoms with van der Waals surface area (Å²) in [6.07, 6.45) is 5.00. The van der Waals surface area contributed by atoms with Crippen LogP contribution in [0.4, 0.5) is 13.2 Å². The van der Waals surface area contributed by atoms with E-state index in [1.54, 1.807) is 0 Å². The van der Waals surface area contributed by atoms with E-state index in [-0.39, 0.29) is 12.0 Å². The zero-order chi connectivity index (χ0) is 9.14. The summed E-state index contributed by atoms with van der Waals surface area (Å²) in [6.45, 7) is 0. The van der Waals surface area contributed by atoms with Crippen LogP contribution < -0.4 is 0 Å². The minimum absolute atomic E-state index is 0.0914. The molecule has 3 heteroatoms. The molecule has 0 heterocycles. The van der Waals surface area contributed by atoms with Gasteiger partial charge in [0, 0.05) is 6.42 Å². The first kappa shape index (κ1) is 8.66. The summed E-state index contributed by atoms with van der Waals surface area (Å²) in [5, 5.41) is 0. The highest BCUT2D eigenvalue weighted by atomic mass is 19.2. The van der Waals surface area contributed by atoms with Crippen molar-refractivity contribution in [1.29, 1.82) is 0 Å². The summed E-state index contributed by atoms with van der Waals surface area (Å²) < 4.78 is 37.3. The van der Waals surface area contributed by atoms with E-state index in [4.69, 9.17) is 6.42 Å². The Labute approximate surface area is 68.0 Å². The molecule has 1 aromatic rings. The van der Waals surface area contributed by atoms with E-state index in [9.17, 15) is 13.2 Å². The lowest BCUT2D eigenvalue weighted by molar-refractivity contribution is 0.445. The summed E-state index contributed by atoms with van der Waals surface area (Å²) in [7, 11) is 0. The van der Waals surface area contributed by atoms with Crippen molar-refractivity contribution in [3.63, 3.8) is 0 Å². The fourth-order valence-electron chi connectivity index (χ4n) is 0.828. The highest BCUT2D eigenvalue weighted by molar-refractivity contribution is 5.22. The molecule has 0 bridgehead atoms. The average molecular weight is 170 g/mol. The molecule has 12 heavy (non-hydrogen) atoms. The first-order valence-electron chi connectivity index (χ1n) is 3.22. The second-order valence-corrected chi connectivity index (χ2v) is 2.25. The molecule has 0 unspecified atom stereocenters. The summed E-state index contributed by atoms with van der Waals surface area (Å²) in [5.74, 6) is -1.68. The van der Waals surface area contributed by atoms with Gasteiger partial charge in [-0.25, -0.2) is 13.2 Å². The highest BCUT2D eigenvalue weighted by Crippen LogP contribution is 2.13. The van der Waals surface area contributed by atoms with Crippen LogP contribution in [-0.4, -0.2) is 0 Å². The maximum absolute atomic E-state index is 12.5. The molecule has 0 N–H and O–H groups in total. The molecule has 0 amide bonds. The van der Waals surface area contributed by atoms with Gasteiger partial charge in [-0.3, -0.25) is 0 Å². The minimum atomic E-state index is -1.46. The van der Waals surface area contributed by atoms with Gasteiger partial charge in [0.05, 0.1) is 0 Å². The van der Waals surface area contributed by atoms with E-state index in [1.807, 2.05) is 0 Å². The second-order valence-electron chi connectivity index (χ2n) is 2.25. The third-order valence-corrected chi connectivity index (χ3v) is 1.35. The maximum atomic E-state index is 12.5. The predicted octanol–water partition coefficient (Wildman–Crippen LogP) is 2.28. The van der Waals surface area contributed by atoms with Crippen LogP contribution in [0.2, 0.25) is 0 Å². The maximum Gasteiger partial charge on any atom is 0.194 e. The number of terminal acetylenes is 1. The van der Waals surface area contributed by atoms with Gasteiger partial charge in [-0.15, -0.1) is 12.3 Å². The molecule has 0 saturated carbocycles. The number of hydrogen-bond donors (Lipinski definition) is 0. The molecule has 1 rings (SSSR count). The lowest BCUT2D eigenvalue weighted by atomic mass is 10.1. The molecular weight excluding hydrogens is 165 g/mol. The SMILES string of the molecule is C#CCc1cc(F)c(F)c(F)c1. The molecule has 0 spiro atoms. The lowest BCUT2D eigenvalue weighted by Crippen LogP contribution is -1.93. The zero-order valence-corrected chi connectivity index (χ0v) is 6.07. The largest absolute Gasteiger partial charge is 0.204 e. The number of rotatable bonds is 1. The molecule has 0 fully saturated rings. The Morgan fingerprint density at radius 2 is 1.67 bits per heavy atom. The second kappa shape index (κ2) is 3.31. The molecule has 0 aliphatic carbocycles. The fourth-order valence-corrected chi connectivity index (χ4v) is 0.828. The average Bonchev–Trinajstić information content (AvgIpc) is 2.01. The summed E-state index contributed by atoms with van der Waals surface area (Å²) in [4.78, 5) is 0. The van der Waals surface area contributed by atoms with Crippen LogP contribution in [0.1, 0.15) is 5.56 Å². The van der Waals surface area contributed by atoms with Crippen LogP contribution in [-0.2, 0) is 6.42 Å². The predicted molar refractivity (Wildman–Crippen MR) is 38.9 cm³/mol. The Morgan fingerprint density at radius 3 is 2.08 bits per heavy atom. The number of halogens is 3. The van der Waals surface area contributed by atoms with Crippen molar-refractivity contribution in [2.24, 2.45) is 0 Å². The number of benzene rings is 1. The molecule has 0 aliphatic heterocycles. The molecule has 1 aromatic carbocycles. The lowest BCUT2D eigenvalue weighted by Gasteiger charge is -1.98. The summed E-state index contributed by atoms with van der Waals surface area (Å²) >= 11 is 0. The van der Waals surface area contributed by atoms with Crippen LogP contribution in [0.3, 0.4) is 0 Å². The first-order valence-corrected chi connectivity index (χ1v) is 3.22. The van der Waals surface area contributed by atoms with E-state index < -0.39 is 17.5 Å². The Bertz CT molecular complexity index is 313. The monoisotopic (exact) mass is 170 g/mol. The van der Waals surface area contributed by atoms with Crippen molar-refractivity contribution < 1.29 is 13.2 Å². The van der Waals surface area contributed by atoms with Gasteiger partial charge in [-0.05, 0) is 17.7 Å². The van der Waals surface area contributed by atoms with Gasteiger partial charge in [-0.2, -0.15) is 0 Å². The van der Waals surface area contributed by atoms with E-state index >= 15 is 0 Å². The molecule has 0 radical (unpaired) electrons. The molecule has 0 aliphatic rings. The molecule has 0 aromatic heterocycles. The van der Waals surface area contributed by atoms with E-state index in [0.29, 0.717) is 0 Å². The van der Waals surface area contributed by atoms with Gasteiger partial charge in [0.25, 0.3) is 0 Å². The summed E-state index contributed by atoms with van der Waals surface area (Å²) in [5.41, 5.74) is 0.258. The van der Waals surface area contributed by atoms with E-state index in [2.05, 4.69) is 5.92 Å². The molecule has 62 valence electrons. The standard InChI is InChI=1S/C9H5F3/c1-2-3-6-4-7(10)9(12)8(11)5-6/h1,4-5H,3H2. The molecule has 0 atom stereocenters. The Kier molecular flexibility index (Phi) is 2.39. The fraction of sp³-hybridized carbons (Fsp3) is 0.111. The first-order chi connectivity index (χ1) is 5.65. The summed E-state index contributed by atoms with van der Waals surface area (Å²) in [6, 6.07) is 1.77. The van der Waals surface area contributed by atoms with Gasteiger partial charge >= 0.3 is 0 Å². The third kappa shape index (κ3) is 1.59. The van der Waals surface area contributed by atoms with Crippen LogP contribution >= 0.6 is 0 Å². The van der Waals surface area contributed by atoms with Gasteiger partial charge < -0.3 is 0 Å². The normalized spacial score (nSPS) is 9.50. The molecular formula is C9H5F3. The zero-order valence-electron chi connectivity index (χ0n) is 6.07. The Hall–Kier alpha value is -1.43. The van der Waals surface area contributed by atoms with E-state index in [1.165, 1.54) is 0 Å². The molecule has 0 nitrogen and oxygen atoms in total. The third-order valence-electron chi connectivity index (χ3n) is 1.35. The topological polar surface area (TPSA) is 0 Å². The van der Waals surface area contributed by atoms with Gasteiger partial charge in [0.2, 0.25) is 0 Å². The van der Waals surface area contributed by atoms with Gasteiger partial charge in [0.15, 0.2) is 17.5 Å². The van der Waals surface area contributed by atoms with Crippen molar-refractivity contribution in [3.05, 3.63) is 35.1 Å². The minimum Gasteiger partial charge on any atom is -0.204 e. The quantitative estimate of drug-likeness (QED) is 0.448. The van der Waals surface area contributed by atoms with Crippen LogP contribution in [0, 0.1) is 29.8 Å². The van der Waals surface area contributed by atoms with Crippen molar-refractivity contribution in [3.8, 4) is 12.3 Å². The van der Waals surface area contributed by atoms with E-state index in [0.717, 1.165) is 12.1 Å². The van der Waals surface area contributed by atoms with Crippen molar-refractivity contribution in [2.45, 2.75) is 6.42 Å². The van der Waals surface area contributed by atoms with Crippen LogP contribution in [0.25, 0.3) is 0 Å².